The van der Waals surface area contributed by atoms with E-state index in [0.717, 1.165) is 84.9 Å². The Balaban J connectivity index is 1.44. The van der Waals surface area contributed by atoms with Crippen molar-refractivity contribution in [3.63, 3.8) is 0 Å². The lowest BCUT2D eigenvalue weighted by atomic mass is 9.76. The first kappa shape index (κ1) is 23.1. The van der Waals surface area contributed by atoms with Gasteiger partial charge in [-0.2, -0.15) is 5.10 Å². The summed E-state index contributed by atoms with van der Waals surface area (Å²) in [7, 11) is 4.29. The number of nitrogens with one attached hydrogen (secondary N) is 2. The maximum absolute atomic E-state index is 5.88. The van der Waals surface area contributed by atoms with Crippen LogP contribution >= 0.6 is 11.8 Å². The van der Waals surface area contributed by atoms with Gasteiger partial charge in [-0.3, -0.25) is 5.10 Å². The predicted molar refractivity (Wildman–Crippen MR) is 138 cm³/mol. The van der Waals surface area contributed by atoms with Crippen LogP contribution in [-0.2, 0) is 11.8 Å². The van der Waals surface area contributed by atoms with Crippen molar-refractivity contribution in [2.75, 3.05) is 51.3 Å². The van der Waals surface area contributed by atoms with E-state index in [9.17, 15) is 0 Å². The largest absolute Gasteiger partial charge is 0.399 e. The van der Waals surface area contributed by atoms with Gasteiger partial charge in [0.05, 0.1) is 5.69 Å². The molecular weight excluding hydrogens is 444 g/mol. The number of fused-ring (bicyclic) bond motifs is 2. The molecule has 34 heavy (non-hydrogen) atoms. The van der Waals surface area contributed by atoms with Gasteiger partial charge >= 0.3 is 0 Å². The molecule has 8 nitrogen and oxygen atoms in total. The van der Waals surface area contributed by atoms with Crippen molar-refractivity contribution in [3.05, 3.63) is 47.3 Å². The third kappa shape index (κ3) is 4.92. The number of H-pyrrole nitrogens is 1. The van der Waals surface area contributed by atoms with Crippen LogP contribution in [-0.4, -0.2) is 70.2 Å². The van der Waals surface area contributed by atoms with Crippen LogP contribution in [0, 0.1) is 6.92 Å². The van der Waals surface area contributed by atoms with Crippen LogP contribution < -0.4 is 11.1 Å². The maximum atomic E-state index is 5.88. The van der Waals surface area contributed by atoms with E-state index >= 15 is 0 Å². The van der Waals surface area contributed by atoms with Crippen molar-refractivity contribution in [1.29, 1.82) is 0 Å². The van der Waals surface area contributed by atoms with Crippen LogP contribution in [0.5, 0.6) is 0 Å². The summed E-state index contributed by atoms with van der Waals surface area (Å²) in [4.78, 5) is 16.1. The second kappa shape index (κ2) is 9.56. The molecule has 0 unspecified atom stereocenters. The summed E-state index contributed by atoms with van der Waals surface area (Å²) in [5.41, 5.74) is 10.3. The number of likely N-dealkylation sites (tertiary alicyclic amines) is 1. The number of nitrogen functional groups attached to an aromatic ring is 1. The minimum atomic E-state index is 0.140. The molecule has 3 heterocycles. The zero-order chi connectivity index (χ0) is 23.7. The van der Waals surface area contributed by atoms with E-state index in [4.69, 9.17) is 15.7 Å². The van der Waals surface area contributed by atoms with Crippen molar-refractivity contribution >= 4 is 29.1 Å². The molecule has 0 radical (unpaired) electrons. The summed E-state index contributed by atoms with van der Waals surface area (Å²) in [6.45, 7) is 6.48. The number of likely N-dealkylation sites (N-methyl/N-ethyl adjacent to an activating group) is 1. The van der Waals surface area contributed by atoms with Crippen molar-refractivity contribution in [1.82, 2.24) is 30.0 Å². The molecule has 2 aliphatic rings. The molecule has 1 fully saturated rings. The maximum Gasteiger partial charge on any atom is 0.194 e. The van der Waals surface area contributed by atoms with Gasteiger partial charge in [0, 0.05) is 46.4 Å². The van der Waals surface area contributed by atoms with E-state index in [2.05, 4.69) is 39.4 Å². The van der Waals surface area contributed by atoms with Crippen LogP contribution in [0.1, 0.15) is 36.2 Å². The molecule has 3 aromatic rings. The lowest BCUT2D eigenvalue weighted by Crippen LogP contribution is -2.44. The van der Waals surface area contributed by atoms with Gasteiger partial charge in [-0.05, 0) is 95.8 Å². The Labute approximate surface area is 205 Å². The fraction of sp³-hybridized carbons (Fsp3) is 0.480. The highest BCUT2D eigenvalue weighted by Gasteiger charge is 2.44. The molecule has 1 spiro atoms. The molecule has 1 aliphatic carbocycles. The summed E-state index contributed by atoms with van der Waals surface area (Å²) in [6, 6.07) is 9.91. The number of benzene rings is 1. The smallest absolute Gasteiger partial charge is 0.194 e. The van der Waals surface area contributed by atoms with E-state index in [1.165, 1.54) is 11.3 Å². The molecule has 1 aliphatic heterocycles. The summed E-state index contributed by atoms with van der Waals surface area (Å²) in [6.07, 6.45) is 4.45. The van der Waals surface area contributed by atoms with Gasteiger partial charge in [-0.25, -0.2) is 9.97 Å². The van der Waals surface area contributed by atoms with Crippen LogP contribution in [0.25, 0.3) is 0 Å². The van der Waals surface area contributed by atoms with Crippen LogP contribution in [0.4, 0.5) is 17.3 Å². The van der Waals surface area contributed by atoms with Gasteiger partial charge in [0.1, 0.15) is 5.82 Å². The summed E-state index contributed by atoms with van der Waals surface area (Å²) < 4.78 is 0. The number of aryl methyl sites for hydroxylation is 1. The minimum Gasteiger partial charge on any atom is -0.399 e. The fourth-order valence-electron chi connectivity index (χ4n) is 5.05. The number of nitrogens with two attached hydrogens (primary N) is 1. The van der Waals surface area contributed by atoms with E-state index < -0.39 is 0 Å². The normalized spacial score (nSPS) is 17.4. The van der Waals surface area contributed by atoms with Crippen LogP contribution in [0.3, 0.4) is 0 Å². The third-order valence-corrected chi connectivity index (χ3v) is 7.93. The van der Waals surface area contributed by atoms with E-state index in [0.29, 0.717) is 0 Å². The number of aromatic nitrogens is 4. The zero-order valence-electron chi connectivity index (χ0n) is 20.3. The molecule has 1 aromatic carbocycles. The van der Waals surface area contributed by atoms with E-state index in [1.54, 1.807) is 11.8 Å². The first-order chi connectivity index (χ1) is 16.4. The zero-order valence-corrected chi connectivity index (χ0v) is 21.1. The lowest BCUT2D eigenvalue weighted by Gasteiger charge is -2.39. The summed E-state index contributed by atoms with van der Waals surface area (Å²) in [5, 5.41) is 11.7. The van der Waals surface area contributed by atoms with Crippen molar-refractivity contribution in [3.8, 4) is 0 Å². The fourth-order valence-corrected chi connectivity index (χ4v) is 5.80. The Kier molecular flexibility index (Phi) is 6.50. The molecule has 0 amide bonds. The van der Waals surface area contributed by atoms with Gasteiger partial charge in [0.25, 0.3) is 0 Å². The van der Waals surface area contributed by atoms with E-state index in [1.807, 2.05) is 37.3 Å². The second-order valence-electron chi connectivity index (χ2n) is 9.84. The SMILES string of the molecule is Cc1cc(Nc2nc(Sc3ccc(N)cc3)nc3c2CCC32CCN(CCN(C)C)CC2)n[nH]1. The Hall–Kier alpha value is -2.62. The third-order valence-electron chi connectivity index (χ3n) is 7.06. The van der Waals surface area contributed by atoms with Crippen molar-refractivity contribution in [2.24, 2.45) is 0 Å². The molecule has 5 rings (SSSR count). The molecule has 180 valence electrons. The second-order valence-corrected chi connectivity index (χ2v) is 10.9. The minimum absolute atomic E-state index is 0.140. The van der Waals surface area contributed by atoms with Gasteiger partial charge in [0.15, 0.2) is 11.0 Å². The molecule has 1 saturated heterocycles. The topological polar surface area (TPSA) is 99.0 Å². The van der Waals surface area contributed by atoms with Gasteiger partial charge in [0.2, 0.25) is 0 Å². The molecule has 9 heteroatoms. The molecule has 0 saturated carbocycles. The van der Waals surface area contributed by atoms with Crippen LogP contribution in [0.15, 0.2) is 40.4 Å². The molecular formula is C25H34N8S. The molecule has 2 aromatic heterocycles. The Morgan fingerprint density at radius 2 is 1.91 bits per heavy atom. The standard InChI is InChI=1S/C25H34N8S/c1-17-16-21(31-30-17)27-23-20-8-9-25(10-12-33(13-11-25)15-14-32(2)3)22(20)28-24(29-23)34-19-6-4-18(26)5-7-19/h4-7,16H,8-15,26H2,1-3H3,(H2,27,28,29,30,31). The van der Waals surface area contributed by atoms with Crippen molar-refractivity contribution in [2.45, 2.75) is 48.1 Å². The Morgan fingerprint density at radius 3 is 2.59 bits per heavy atom. The number of aromatic amines is 1. The monoisotopic (exact) mass is 478 g/mol. The van der Waals surface area contributed by atoms with Gasteiger partial charge in [-0.1, -0.05) is 0 Å². The van der Waals surface area contributed by atoms with Gasteiger partial charge < -0.3 is 20.9 Å². The average molecular weight is 479 g/mol. The quantitative estimate of drug-likeness (QED) is 0.348. The number of hydrogen-bond acceptors (Lipinski definition) is 8. The summed E-state index contributed by atoms with van der Waals surface area (Å²) >= 11 is 1.59. The van der Waals surface area contributed by atoms with Crippen LogP contribution in [0.2, 0.25) is 0 Å². The molecule has 0 atom stereocenters. The first-order valence-corrected chi connectivity index (χ1v) is 12.8. The highest BCUT2D eigenvalue weighted by Crippen LogP contribution is 2.48. The molecule has 4 N–H and O–H groups in total. The number of rotatable bonds is 7. The number of hydrogen-bond donors (Lipinski definition) is 3. The first-order valence-electron chi connectivity index (χ1n) is 12.0. The van der Waals surface area contributed by atoms with Gasteiger partial charge in [-0.15, -0.1) is 0 Å². The molecule has 0 bridgehead atoms. The number of anilines is 3. The Morgan fingerprint density at radius 1 is 1.15 bits per heavy atom. The predicted octanol–water partition coefficient (Wildman–Crippen LogP) is 3.83. The highest BCUT2D eigenvalue weighted by atomic mass is 32.2. The lowest BCUT2D eigenvalue weighted by molar-refractivity contribution is 0.146. The number of nitrogens with zero attached hydrogens (tertiary/aromatic N) is 5. The average Bonchev–Trinajstić information content (AvgIpc) is 3.39. The Bertz CT molecular complexity index is 1130. The number of piperidine rings is 1. The van der Waals surface area contributed by atoms with Crippen molar-refractivity contribution < 1.29 is 0 Å². The highest BCUT2D eigenvalue weighted by molar-refractivity contribution is 7.99. The summed E-state index contributed by atoms with van der Waals surface area (Å²) in [5.74, 6) is 1.68. The van der Waals surface area contributed by atoms with E-state index in [-0.39, 0.29) is 5.41 Å².